The largest absolute Gasteiger partial charge is 0.349 e. The minimum absolute atomic E-state index is 0.0463. The molecule has 1 aliphatic rings. The average molecular weight is 401 g/mol. The lowest BCUT2D eigenvalue weighted by atomic mass is 10.2. The molecule has 5 nitrogen and oxygen atoms in total. The first-order valence-corrected chi connectivity index (χ1v) is 10.0. The first-order valence-electron chi connectivity index (χ1n) is 9.23. The van der Waals surface area contributed by atoms with Gasteiger partial charge in [-0.2, -0.15) is 0 Å². The third kappa shape index (κ3) is 4.55. The van der Waals surface area contributed by atoms with Crippen molar-refractivity contribution in [1.82, 2.24) is 10.3 Å². The van der Waals surface area contributed by atoms with Crippen LogP contribution in [0, 0.1) is 0 Å². The number of hydrogen-bond acceptors (Lipinski definition) is 4. The Hall–Kier alpha value is -3.38. The number of aromatic nitrogens is 1. The van der Waals surface area contributed by atoms with Crippen molar-refractivity contribution in [3.8, 4) is 0 Å². The van der Waals surface area contributed by atoms with Crippen LogP contribution in [-0.4, -0.2) is 23.3 Å². The van der Waals surface area contributed by atoms with Gasteiger partial charge in [0, 0.05) is 11.1 Å². The van der Waals surface area contributed by atoms with Gasteiger partial charge in [0.15, 0.2) is 0 Å². The lowest BCUT2D eigenvalue weighted by molar-refractivity contribution is -0.122. The average Bonchev–Trinajstić information content (AvgIpc) is 2.76. The molecule has 0 atom stereocenters. The van der Waals surface area contributed by atoms with E-state index in [9.17, 15) is 9.59 Å². The van der Waals surface area contributed by atoms with Gasteiger partial charge in [0.1, 0.15) is 6.54 Å². The Morgan fingerprint density at radius 3 is 2.55 bits per heavy atom. The first kappa shape index (κ1) is 19.0. The van der Waals surface area contributed by atoms with Crippen molar-refractivity contribution < 1.29 is 9.59 Å². The van der Waals surface area contributed by atoms with E-state index in [1.807, 2.05) is 78.9 Å². The molecule has 2 aromatic carbocycles. The van der Waals surface area contributed by atoms with Gasteiger partial charge >= 0.3 is 0 Å². The molecule has 29 heavy (non-hydrogen) atoms. The lowest BCUT2D eigenvalue weighted by Crippen LogP contribution is -2.42. The van der Waals surface area contributed by atoms with E-state index in [0.717, 1.165) is 21.8 Å². The minimum atomic E-state index is -0.232. The van der Waals surface area contributed by atoms with Crippen molar-refractivity contribution in [3.63, 3.8) is 0 Å². The lowest BCUT2D eigenvalue weighted by Gasteiger charge is -2.29. The summed E-state index contributed by atoms with van der Waals surface area (Å²) in [5, 5.41) is 2.84. The molecule has 0 fully saturated rings. The molecule has 4 rings (SSSR count). The van der Waals surface area contributed by atoms with Gasteiger partial charge in [0.2, 0.25) is 5.91 Å². The molecular weight excluding hydrogens is 382 g/mol. The van der Waals surface area contributed by atoms with Crippen molar-refractivity contribution in [2.45, 2.75) is 11.4 Å². The second kappa shape index (κ2) is 8.75. The molecule has 2 heterocycles. The fourth-order valence-corrected chi connectivity index (χ4v) is 4.07. The maximum atomic E-state index is 13.1. The van der Waals surface area contributed by atoms with Crippen molar-refractivity contribution in [3.05, 3.63) is 95.2 Å². The summed E-state index contributed by atoms with van der Waals surface area (Å²) in [6, 6.07) is 22.9. The number of pyridine rings is 1. The quantitative estimate of drug-likeness (QED) is 0.659. The number of rotatable bonds is 5. The summed E-state index contributed by atoms with van der Waals surface area (Å²) in [5.74, 6) is -0.407. The zero-order chi connectivity index (χ0) is 20.1. The molecule has 1 aliphatic heterocycles. The number of carbonyl (C=O) groups excluding carboxylic acids is 2. The van der Waals surface area contributed by atoms with E-state index >= 15 is 0 Å². The van der Waals surface area contributed by atoms with E-state index in [1.165, 1.54) is 16.7 Å². The Bertz CT molecular complexity index is 1050. The van der Waals surface area contributed by atoms with Crippen LogP contribution in [0.1, 0.15) is 11.3 Å². The molecule has 6 heteroatoms. The molecule has 1 N–H and O–H groups in total. The molecule has 0 spiro atoms. The fourth-order valence-electron chi connectivity index (χ4n) is 3.01. The van der Waals surface area contributed by atoms with Crippen LogP contribution in [0.2, 0.25) is 0 Å². The van der Waals surface area contributed by atoms with Crippen molar-refractivity contribution in [2.75, 3.05) is 11.4 Å². The van der Waals surface area contributed by atoms with Gasteiger partial charge in [-0.1, -0.05) is 60.3 Å². The summed E-state index contributed by atoms with van der Waals surface area (Å²) >= 11 is 1.43. The molecule has 3 aromatic rings. The number of hydrogen-bond donors (Lipinski definition) is 1. The monoisotopic (exact) mass is 401 g/mol. The number of benzene rings is 2. The number of fused-ring (bicyclic) bond motifs is 1. The zero-order valence-electron chi connectivity index (χ0n) is 15.6. The highest BCUT2D eigenvalue weighted by Gasteiger charge is 2.30. The summed E-state index contributed by atoms with van der Waals surface area (Å²) < 4.78 is 0. The van der Waals surface area contributed by atoms with Crippen molar-refractivity contribution in [1.29, 1.82) is 0 Å². The van der Waals surface area contributed by atoms with Gasteiger partial charge in [-0.25, -0.2) is 0 Å². The first-order chi connectivity index (χ1) is 14.2. The number of nitrogens with zero attached hydrogens (tertiary/aromatic N) is 2. The fraction of sp³-hybridized carbons (Fsp3) is 0.0870. The highest BCUT2D eigenvalue weighted by molar-refractivity contribution is 8.04. The maximum absolute atomic E-state index is 13.1. The topological polar surface area (TPSA) is 62.3 Å². The van der Waals surface area contributed by atoms with Crippen LogP contribution in [0.5, 0.6) is 0 Å². The molecular formula is C23H19N3O2S. The zero-order valence-corrected chi connectivity index (χ0v) is 16.4. The molecule has 1 aromatic heterocycles. The normalized spacial score (nSPS) is 14.6. The molecule has 0 aliphatic carbocycles. The van der Waals surface area contributed by atoms with Gasteiger partial charge in [-0.05, 0) is 35.9 Å². The van der Waals surface area contributed by atoms with E-state index in [-0.39, 0.29) is 18.4 Å². The second-order valence-corrected chi connectivity index (χ2v) is 7.56. The number of nitrogens with one attached hydrogen (secondary N) is 1. The summed E-state index contributed by atoms with van der Waals surface area (Å²) in [5.41, 5.74) is 2.47. The summed E-state index contributed by atoms with van der Waals surface area (Å²) in [6.07, 6.45) is 3.55. The predicted octanol–water partition coefficient (Wildman–Crippen LogP) is 3.88. The van der Waals surface area contributed by atoms with Crippen LogP contribution >= 0.6 is 11.8 Å². The van der Waals surface area contributed by atoms with E-state index < -0.39 is 0 Å². The van der Waals surface area contributed by atoms with Crippen molar-refractivity contribution >= 4 is 35.3 Å². The highest BCUT2D eigenvalue weighted by atomic mass is 32.2. The van der Waals surface area contributed by atoms with Crippen molar-refractivity contribution in [2.24, 2.45) is 0 Å². The highest BCUT2D eigenvalue weighted by Crippen LogP contribution is 2.41. The molecule has 0 radical (unpaired) electrons. The van der Waals surface area contributed by atoms with Crippen LogP contribution in [0.15, 0.2) is 88.8 Å². The SMILES string of the molecule is O=C(CN1C(=O)/C(=C/c2ccccc2)Sc2ccccc21)NCc1ccccn1. The molecule has 144 valence electrons. The third-order valence-electron chi connectivity index (χ3n) is 4.42. The second-order valence-electron chi connectivity index (χ2n) is 6.48. The van der Waals surface area contributed by atoms with Crippen LogP contribution < -0.4 is 10.2 Å². The number of thioether (sulfide) groups is 1. The Balaban J connectivity index is 1.55. The van der Waals surface area contributed by atoms with Crippen LogP contribution in [0.25, 0.3) is 6.08 Å². The summed E-state index contributed by atoms with van der Waals surface area (Å²) in [4.78, 5) is 33.0. The smallest absolute Gasteiger partial charge is 0.265 e. The molecule has 2 amide bonds. The van der Waals surface area contributed by atoms with Crippen LogP contribution in [0.3, 0.4) is 0 Å². The van der Waals surface area contributed by atoms with Crippen LogP contribution in [0.4, 0.5) is 5.69 Å². The van der Waals surface area contributed by atoms with Gasteiger partial charge in [-0.3, -0.25) is 19.5 Å². The Morgan fingerprint density at radius 2 is 1.76 bits per heavy atom. The van der Waals surface area contributed by atoms with E-state index in [2.05, 4.69) is 10.3 Å². The molecule has 0 unspecified atom stereocenters. The summed E-state index contributed by atoms with van der Waals surface area (Å²) in [7, 11) is 0. The Morgan fingerprint density at radius 1 is 1.00 bits per heavy atom. The van der Waals surface area contributed by atoms with Gasteiger partial charge in [-0.15, -0.1) is 0 Å². The number of amides is 2. The molecule has 0 saturated heterocycles. The third-order valence-corrected chi connectivity index (χ3v) is 5.50. The number of anilines is 1. The number of para-hydroxylation sites is 1. The minimum Gasteiger partial charge on any atom is -0.349 e. The number of carbonyl (C=O) groups is 2. The van der Waals surface area contributed by atoms with Gasteiger partial charge in [0.25, 0.3) is 5.91 Å². The van der Waals surface area contributed by atoms with Crippen LogP contribution in [-0.2, 0) is 16.1 Å². The Labute approximate surface area is 173 Å². The van der Waals surface area contributed by atoms with Gasteiger partial charge in [0.05, 0.1) is 22.8 Å². The molecule has 0 saturated carbocycles. The van der Waals surface area contributed by atoms with E-state index in [0.29, 0.717) is 11.4 Å². The van der Waals surface area contributed by atoms with Gasteiger partial charge < -0.3 is 5.32 Å². The van der Waals surface area contributed by atoms with E-state index in [1.54, 1.807) is 6.20 Å². The van der Waals surface area contributed by atoms with E-state index in [4.69, 9.17) is 0 Å². The Kier molecular flexibility index (Phi) is 5.72. The predicted molar refractivity (Wildman–Crippen MR) is 115 cm³/mol. The standard InChI is InChI=1S/C23H19N3O2S/c27-22(25-15-18-10-6-7-13-24-18)16-26-19-11-4-5-12-20(19)29-21(23(26)28)14-17-8-2-1-3-9-17/h1-14H,15-16H2,(H,25,27)/b21-14-. The maximum Gasteiger partial charge on any atom is 0.265 e. The molecule has 0 bridgehead atoms. The summed E-state index contributed by atoms with van der Waals surface area (Å²) in [6.45, 7) is 0.278.